The maximum Gasteiger partial charge on any atom is 0.258 e. The van der Waals surface area contributed by atoms with Crippen LogP contribution >= 0.6 is 0 Å². The third-order valence-electron chi connectivity index (χ3n) is 6.54. The quantitative estimate of drug-likeness (QED) is 0.556. The number of hydrogen-bond donors (Lipinski definition) is 0. The Hall–Kier alpha value is -3.08. The van der Waals surface area contributed by atoms with Crippen molar-refractivity contribution in [3.63, 3.8) is 0 Å². The van der Waals surface area contributed by atoms with E-state index in [2.05, 4.69) is 29.4 Å². The van der Waals surface area contributed by atoms with Gasteiger partial charge in [-0.2, -0.15) is 5.10 Å². The zero-order valence-corrected chi connectivity index (χ0v) is 18.1. The molecule has 1 fully saturated rings. The minimum Gasteiger partial charge on any atom is -0.492 e. The minimum absolute atomic E-state index is 0.0746. The molecule has 0 atom stereocenters. The van der Waals surface area contributed by atoms with Gasteiger partial charge < -0.3 is 9.64 Å². The lowest BCUT2D eigenvalue weighted by atomic mass is 9.90. The van der Waals surface area contributed by atoms with E-state index in [9.17, 15) is 4.79 Å². The average molecular weight is 416 g/mol. The molecule has 0 unspecified atom stereocenters. The van der Waals surface area contributed by atoms with Crippen molar-refractivity contribution in [1.29, 1.82) is 0 Å². The topological polar surface area (TPSA) is 47.4 Å². The van der Waals surface area contributed by atoms with Gasteiger partial charge in [0, 0.05) is 31.9 Å². The van der Waals surface area contributed by atoms with Crippen molar-refractivity contribution in [2.24, 2.45) is 13.0 Å². The van der Waals surface area contributed by atoms with Gasteiger partial charge in [0.05, 0.1) is 18.4 Å². The first-order chi connectivity index (χ1) is 15.2. The van der Waals surface area contributed by atoms with Crippen molar-refractivity contribution in [3.8, 4) is 16.9 Å². The summed E-state index contributed by atoms with van der Waals surface area (Å²) < 4.78 is 7.97. The van der Waals surface area contributed by atoms with Crippen LogP contribution in [0.4, 0.5) is 0 Å². The maximum absolute atomic E-state index is 13.2. The normalized spacial score (nSPS) is 16.5. The number of carbonyl (C=O) groups is 1. The number of hydrogen-bond acceptors (Lipinski definition) is 3. The van der Waals surface area contributed by atoms with Crippen molar-refractivity contribution in [3.05, 3.63) is 71.5 Å². The molecule has 31 heavy (non-hydrogen) atoms. The van der Waals surface area contributed by atoms with Crippen molar-refractivity contribution < 1.29 is 9.53 Å². The summed E-state index contributed by atoms with van der Waals surface area (Å²) in [5.74, 6) is 1.45. The summed E-state index contributed by atoms with van der Waals surface area (Å²) in [6.45, 7) is 1.96. The zero-order valence-electron chi connectivity index (χ0n) is 18.1. The van der Waals surface area contributed by atoms with Crippen molar-refractivity contribution in [1.82, 2.24) is 14.7 Å². The number of aryl methyl sites for hydroxylation is 1. The molecule has 3 aromatic rings. The number of fused-ring (bicyclic) bond motifs is 1. The van der Waals surface area contributed by atoms with E-state index in [1.165, 1.54) is 32.1 Å². The van der Waals surface area contributed by atoms with E-state index in [-0.39, 0.29) is 5.91 Å². The average Bonchev–Trinajstić information content (AvgIpc) is 3.37. The Morgan fingerprint density at radius 1 is 1.03 bits per heavy atom. The van der Waals surface area contributed by atoms with Crippen molar-refractivity contribution >= 4 is 5.91 Å². The Kier molecular flexibility index (Phi) is 5.49. The molecule has 0 spiro atoms. The number of amides is 1. The fourth-order valence-electron chi connectivity index (χ4n) is 4.79. The van der Waals surface area contributed by atoms with Gasteiger partial charge in [-0.3, -0.25) is 9.48 Å². The number of ether oxygens (including phenoxy) is 1. The van der Waals surface area contributed by atoms with Gasteiger partial charge >= 0.3 is 0 Å². The molecule has 1 aliphatic heterocycles. The highest BCUT2D eigenvalue weighted by atomic mass is 16.5. The third kappa shape index (κ3) is 4.22. The van der Waals surface area contributed by atoms with Gasteiger partial charge in [-0.15, -0.1) is 0 Å². The summed E-state index contributed by atoms with van der Waals surface area (Å²) in [4.78, 5) is 15.1. The van der Waals surface area contributed by atoms with Gasteiger partial charge in [0.25, 0.3) is 5.91 Å². The largest absolute Gasteiger partial charge is 0.492 e. The molecule has 0 N–H and O–H groups in total. The molecule has 0 radical (unpaired) electrons. The van der Waals surface area contributed by atoms with E-state index < -0.39 is 0 Å². The fourth-order valence-corrected chi connectivity index (χ4v) is 4.79. The summed E-state index contributed by atoms with van der Waals surface area (Å²) >= 11 is 0. The molecular formula is C26H29N3O2. The van der Waals surface area contributed by atoms with Crippen LogP contribution in [0.5, 0.6) is 5.75 Å². The van der Waals surface area contributed by atoms with E-state index in [0.717, 1.165) is 40.2 Å². The van der Waals surface area contributed by atoms with Gasteiger partial charge in [0.1, 0.15) is 5.75 Å². The number of rotatable bonds is 6. The second-order valence-corrected chi connectivity index (χ2v) is 8.87. The van der Waals surface area contributed by atoms with Crippen molar-refractivity contribution in [2.45, 2.75) is 45.2 Å². The van der Waals surface area contributed by atoms with Crippen LogP contribution in [-0.2, 0) is 20.1 Å². The molecule has 2 aromatic carbocycles. The first-order valence-corrected chi connectivity index (χ1v) is 11.3. The Bertz CT molecular complexity index is 1060. The van der Waals surface area contributed by atoms with Crippen LogP contribution in [0.1, 0.15) is 53.6 Å². The van der Waals surface area contributed by atoms with Crippen LogP contribution in [0.3, 0.4) is 0 Å². The summed E-state index contributed by atoms with van der Waals surface area (Å²) in [6, 6.07) is 14.4. The molecule has 0 bridgehead atoms. The van der Waals surface area contributed by atoms with Crippen LogP contribution in [-0.4, -0.2) is 27.2 Å². The van der Waals surface area contributed by atoms with Gasteiger partial charge in [-0.05, 0) is 41.5 Å². The smallest absolute Gasteiger partial charge is 0.258 e. The van der Waals surface area contributed by atoms with E-state index in [1.54, 1.807) is 4.68 Å². The van der Waals surface area contributed by atoms with E-state index in [4.69, 9.17) is 4.74 Å². The molecule has 5 nitrogen and oxygen atoms in total. The second kappa shape index (κ2) is 8.58. The summed E-state index contributed by atoms with van der Waals surface area (Å²) in [5.41, 5.74) is 5.17. The van der Waals surface area contributed by atoms with Gasteiger partial charge in [-0.1, -0.05) is 55.7 Å². The molecule has 1 saturated carbocycles. The molecule has 5 rings (SSSR count). The molecule has 5 heteroatoms. The molecule has 0 saturated heterocycles. The molecule has 2 heterocycles. The second-order valence-electron chi connectivity index (χ2n) is 8.87. The summed E-state index contributed by atoms with van der Waals surface area (Å²) in [5, 5.41) is 4.24. The first-order valence-electron chi connectivity index (χ1n) is 11.3. The van der Waals surface area contributed by atoms with Crippen molar-refractivity contribution in [2.75, 3.05) is 6.61 Å². The van der Waals surface area contributed by atoms with Gasteiger partial charge in [0.2, 0.25) is 0 Å². The molecule has 160 valence electrons. The third-order valence-corrected chi connectivity index (χ3v) is 6.54. The van der Waals surface area contributed by atoms with Gasteiger partial charge in [-0.25, -0.2) is 0 Å². The minimum atomic E-state index is 0.0746. The van der Waals surface area contributed by atoms with E-state index >= 15 is 0 Å². The molecule has 1 aliphatic carbocycles. The van der Waals surface area contributed by atoms with Crippen LogP contribution in [0.15, 0.2) is 54.9 Å². The Labute approximate surface area is 183 Å². The molecular weight excluding hydrogens is 386 g/mol. The highest BCUT2D eigenvalue weighted by Crippen LogP contribution is 2.33. The Morgan fingerprint density at radius 2 is 1.84 bits per heavy atom. The Balaban J connectivity index is 1.26. The maximum atomic E-state index is 13.2. The standard InChI is InChI=1S/C26H29N3O2/c1-28-16-23(14-27-28)21-12-10-19(11-13-21)15-29-17-22-8-5-9-24(25(22)26(29)30)31-18-20-6-3-2-4-7-20/h5,8-14,16,20H,2-4,6-7,15,17-18H2,1H3. The van der Waals surface area contributed by atoms with Crippen LogP contribution in [0, 0.1) is 5.92 Å². The number of benzene rings is 2. The van der Waals surface area contributed by atoms with Crippen LogP contribution in [0.25, 0.3) is 11.1 Å². The van der Waals surface area contributed by atoms with E-state index in [0.29, 0.717) is 19.0 Å². The summed E-state index contributed by atoms with van der Waals surface area (Å²) in [6.07, 6.45) is 10.3. The molecule has 1 aromatic heterocycles. The van der Waals surface area contributed by atoms with Crippen LogP contribution in [0.2, 0.25) is 0 Å². The fraction of sp³-hybridized carbons (Fsp3) is 0.385. The molecule has 1 amide bonds. The SMILES string of the molecule is Cn1cc(-c2ccc(CN3Cc4cccc(OCC5CCCCC5)c4C3=O)cc2)cn1. The first kappa shape index (κ1) is 19.9. The van der Waals surface area contributed by atoms with Crippen LogP contribution < -0.4 is 4.74 Å². The lowest BCUT2D eigenvalue weighted by Crippen LogP contribution is -2.23. The van der Waals surface area contributed by atoms with E-state index in [1.807, 2.05) is 42.5 Å². The predicted octanol–water partition coefficient (Wildman–Crippen LogP) is 5.20. The molecule has 2 aliphatic rings. The predicted molar refractivity (Wildman–Crippen MR) is 121 cm³/mol. The summed E-state index contributed by atoms with van der Waals surface area (Å²) in [7, 11) is 1.92. The number of nitrogens with zero attached hydrogens (tertiary/aromatic N) is 3. The highest BCUT2D eigenvalue weighted by molar-refractivity contribution is 6.01. The lowest BCUT2D eigenvalue weighted by Gasteiger charge is -2.22. The highest BCUT2D eigenvalue weighted by Gasteiger charge is 2.31. The van der Waals surface area contributed by atoms with Gasteiger partial charge in [0.15, 0.2) is 0 Å². The Morgan fingerprint density at radius 3 is 2.58 bits per heavy atom. The number of carbonyl (C=O) groups excluding carboxylic acids is 1. The lowest BCUT2D eigenvalue weighted by molar-refractivity contribution is 0.0762. The zero-order chi connectivity index (χ0) is 21.2. The number of aromatic nitrogens is 2. The monoisotopic (exact) mass is 415 g/mol.